The van der Waals surface area contributed by atoms with E-state index in [2.05, 4.69) is 24.4 Å². The first kappa shape index (κ1) is 14.5. The molecule has 0 aromatic heterocycles. The van der Waals surface area contributed by atoms with Gasteiger partial charge in [0.25, 0.3) is 0 Å². The lowest BCUT2D eigenvalue weighted by molar-refractivity contribution is 0.224. The maximum absolute atomic E-state index is 9.23. The Bertz CT molecular complexity index is 448. The van der Waals surface area contributed by atoms with Crippen molar-refractivity contribution in [2.45, 2.75) is 46.2 Å². The summed E-state index contributed by atoms with van der Waals surface area (Å²) in [6.07, 6.45) is 0. The fourth-order valence-corrected chi connectivity index (χ4v) is 1.93. The monoisotopic (exact) mass is 246 g/mol. The number of benzene rings is 1. The van der Waals surface area contributed by atoms with Crippen LogP contribution < -0.4 is 10.1 Å². The molecule has 0 saturated carbocycles. The summed E-state index contributed by atoms with van der Waals surface area (Å²) in [6.45, 7) is 10.3. The molecule has 1 unspecified atom stereocenters. The molecule has 18 heavy (non-hydrogen) atoms. The number of rotatable bonds is 5. The van der Waals surface area contributed by atoms with Crippen molar-refractivity contribution in [3.63, 3.8) is 0 Å². The number of aryl methyl sites for hydroxylation is 2. The van der Waals surface area contributed by atoms with Crippen molar-refractivity contribution in [3.05, 3.63) is 29.3 Å². The first-order valence-electron chi connectivity index (χ1n) is 6.25. The molecule has 0 spiro atoms. The normalized spacial score (nSPS) is 14.1. The summed E-state index contributed by atoms with van der Waals surface area (Å²) < 4.78 is 5.76. The van der Waals surface area contributed by atoms with Gasteiger partial charge in [0.15, 0.2) is 0 Å². The molecule has 0 bridgehead atoms. The van der Waals surface area contributed by atoms with Crippen LogP contribution in [0.5, 0.6) is 5.75 Å². The molecule has 0 aliphatic heterocycles. The zero-order valence-corrected chi connectivity index (χ0v) is 11.9. The lowest BCUT2D eigenvalue weighted by Crippen LogP contribution is -2.49. The van der Waals surface area contributed by atoms with E-state index < -0.39 is 5.54 Å². The van der Waals surface area contributed by atoms with Gasteiger partial charge in [-0.1, -0.05) is 17.7 Å². The molecule has 0 fully saturated rings. The Balaban J connectivity index is 2.71. The maximum Gasteiger partial charge on any atom is 0.138 e. The van der Waals surface area contributed by atoms with E-state index in [9.17, 15) is 5.26 Å². The molecule has 0 amide bonds. The van der Waals surface area contributed by atoms with Crippen LogP contribution in [0, 0.1) is 25.2 Å². The smallest absolute Gasteiger partial charge is 0.138 e. The Morgan fingerprint density at radius 3 is 2.56 bits per heavy atom. The fourth-order valence-electron chi connectivity index (χ4n) is 1.93. The van der Waals surface area contributed by atoms with Gasteiger partial charge in [-0.15, -0.1) is 0 Å². The average molecular weight is 246 g/mol. The van der Waals surface area contributed by atoms with Crippen molar-refractivity contribution < 1.29 is 4.74 Å². The second kappa shape index (κ2) is 5.88. The van der Waals surface area contributed by atoms with Crippen molar-refractivity contribution in [3.8, 4) is 11.8 Å². The van der Waals surface area contributed by atoms with Crippen LogP contribution in [-0.2, 0) is 0 Å². The Morgan fingerprint density at radius 1 is 1.39 bits per heavy atom. The second-order valence-electron chi connectivity index (χ2n) is 5.30. The van der Waals surface area contributed by atoms with Crippen molar-refractivity contribution in [1.82, 2.24) is 5.32 Å². The minimum Gasteiger partial charge on any atom is -0.490 e. The number of hydrogen-bond acceptors (Lipinski definition) is 3. The first-order valence-corrected chi connectivity index (χ1v) is 6.25. The summed E-state index contributed by atoms with van der Waals surface area (Å²) in [7, 11) is 0. The summed E-state index contributed by atoms with van der Waals surface area (Å²) in [5, 5.41) is 12.5. The third kappa shape index (κ3) is 4.05. The minimum absolute atomic E-state index is 0.248. The van der Waals surface area contributed by atoms with Gasteiger partial charge in [-0.2, -0.15) is 5.26 Å². The Hall–Kier alpha value is -1.53. The van der Waals surface area contributed by atoms with Crippen LogP contribution in [0.15, 0.2) is 18.2 Å². The van der Waals surface area contributed by atoms with Crippen LogP contribution in [0.2, 0.25) is 0 Å². The zero-order chi connectivity index (χ0) is 13.8. The van der Waals surface area contributed by atoms with Gasteiger partial charge in [0.2, 0.25) is 0 Å². The van der Waals surface area contributed by atoms with Crippen LogP contribution in [0.3, 0.4) is 0 Å². The second-order valence-corrected chi connectivity index (χ2v) is 5.30. The van der Waals surface area contributed by atoms with Crippen LogP contribution in [0.25, 0.3) is 0 Å². The van der Waals surface area contributed by atoms with Gasteiger partial charge >= 0.3 is 0 Å². The number of ether oxygens (including phenoxy) is 1. The highest BCUT2D eigenvalue weighted by Gasteiger charge is 2.25. The molecular formula is C15H22N2O. The highest BCUT2D eigenvalue weighted by atomic mass is 16.5. The predicted molar refractivity (Wildman–Crippen MR) is 73.7 cm³/mol. The number of nitriles is 1. The first-order chi connectivity index (χ1) is 8.36. The van der Waals surface area contributed by atoms with E-state index in [0.29, 0.717) is 6.61 Å². The van der Waals surface area contributed by atoms with E-state index in [1.807, 2.05) is 39.8 Å². The summed E-state index contributed by atoms with van der Waals surface area (Å²) in [6, 6.07) is 8.57. The largest absolute Gasteiger partial charge is 0.490 e. The molecule has 0 aliphatic rings. The van der Waals surface area contributed by atoms with Crippen LogP contribution in [0.4, 0.5) is 0 Å². The maximum atomic E-state index is 9.23. The molecule has 0 aliphatic carbocycles. The highest BCUT2D eigenvalue weighted by Crippen LogP contribution is 2.20. The quantitative estimate of drug-likeness (QED) is 0.868. The average Bonchev–Trinajstić information content (AvgIpc) is 2.27. The molecule has 1 aromatic rings. The number of nitrogens with one attached hydrogen (secondary N) is 1. The molecule has 1 N–H and O–H groups in total. The summed E-state index contributed by atoms with van der Waals surface area (Å²) in [5.41, 5.74) is 1.65. The Morgan fingerprint density at radius 2 is 2.06 bits per heavy atom. The van der Waals surface area contributed by atoms with E-state index in [0.717, 1.165) is 11.3 Å². The lowest BCUT2D eigenvalue weighted by Gasteiger charge is -2.26. The Labute approximate surface area is 110 Å². The third-order valence-corrected chi connectivity index (χ3v) is 2.70. The van der Waals surface area contributed by atoms with Crippen molar-refractivity contribution in [1.29, 1.82) is 5.26 Å². The van der Waals surface area contributed by atoms with Gasteiger partial charge in [0, 0.05) is 6.04 Å². The van der Waals surface area contributed by atoms with E-state index in [4.69, 9.17) is 4.74 Å². The minimum atomic E-state index is -0.661. The molecule has 0 radical (unpaired) electrons. The molecule has 0 saturated heterocycles. The molecule has 98 valence electrons. The lowest BCUT2D eigenvalue weighted by atomic mass is 10.0. The van der Waals surface area contributed by atoms with Gasteiger partial charge in [-0.3, -0.25) is 5.32 Å². The van der Waals surface area contributed by atoms with E-state index in [-0.39, 0.29) is 6.04 Å². The van der Waals surface area contributed by atoms with Gasteiger partial charge < -0.3 is 4.74 Å². The molecule has 0 heterocycles. The molecule has 3 heteroatoms. The van der Waals surface area contributed by atoms with E-state index >= 15 is 0 Å². The van der Waals surface area contributed by atoms with Crippen LogP contribution in [0.1, 0.15) is 31.9 Å². The molecule has 3 nitrogen and oxygen atoms in total. The Kier molecular flexibility index (Phi) is 4.75. The van der Waals surface area contributed by atoms with Gasteiger partial charge in [-0.25, -0.2) is 0 Å². The fraction of sp³-hybridized carbons (Fsp3) is 0.533. The summed E-state index contributed by atoms with van der Waals surface area (Å²) in [4.78, 5) is 0. The van der Waals surface area contributed by atoms with Gasteiger partial charge in [0.1, 0.15) is 17.9 Å². The number of nitrogens with zero attached hydrogens (tertiary/aromatic N) is 1. The summed E-state index contributed by atoms with van der Waals surface area (Å²) >= 11 is 0. The molecule has 1 aromatic carbocycles. The van der Waals surface area contributed by atoms with Gasteiger partial charge in [0.05, 0.1) is 6.07 Å². The third-order valence-electron chi connectivity index (χ3n) is 2.70. The number of hydrogen-bond donors (Lipinski definition) is 1. The van der Waals surface area contributed by atoms with Crippen molar-refractivity contribution >= 4 is 0 Å². The summed E-state index contributed by atoms with van der Waals surface area (Å²) in [5.74, 6) is 0.840. The molecule has 1 atom stereocenters. The molecule has 1 rings (SSSR count). The SMILES string of the molecule is Cc1ccc(OCC(C)(C#N)NC(C)C)c(C)c1. The van der Waals surface area contributed by atoms with Crippen molar-refractivity contribution in [2.24, 2.45) is 0 Å². The standard InChI is InChI=1S/C15H22N2O/c1-11(2)17-15(5,9-16)10-18-14-7-6-12(3)8-13(14)4/h6-8,11,17H,10H2,1-5H3. The topological polar surface area (TPSA) is 45.0 Å². The van der Waals surface area contributed by atoms with E-state index in [1.165, 1.54) is 5.56 Å². The highest BCUT2D eigenvalue weighted by molar-refractivity contribution is 5.35. The zero-order valence-electron chi connectivity index (χ0n) is 11.9. The molecular weight excluding hydrogens is 224 g/mol. The van der Waals surface area contributed by atoms with E-state index in [1.54, 1.807) is 0 Å². The van der Waals surface area contributed by atoms with Gasteiger partial charge in [-0.05, 0) is 46.2 Å². The van der Waals surface area contributed by atoms with Crippen LogP contribution >= 0.6 is 0 Å². The van der Waals surface area contributed by atoms with Crippen molar-refractivity contribution in [2.75, 3.05) is 6.61 Å². The predicted octanol–water partition coefficient (Wildman–Crippen LogP) is 2.96. The van der Waals surface area contributed by atoms with Crippen LogP contribution in [-0.4, -0.2) is 18.2 Å².